The van der Waals surface area contributed by atoms with E-state index in [1.807, 2.05) is 13.8 Å². The average Bonchev–Trinajstić information content (AvgIpc) is 2.81. The van der Waals surface area contributed by atoms with Crippen molar-refractivity contribution in [3.05, 3.63) is 17.0 Å². The van der Waals surface area contributed by atoms with Crippen molar-refractivity contribution in [3.63, 3.8) is 0 Å². The molecule has 0 unspecified atom stereocenters. The maximum atomic E-state index is 12.2. The number of nitrogens with zero attached hydrogens (tertiary/aromatic N) is 1. The highest BCUT2D eigenvalue weighted by Gasteiger charge is 2.30. The van der Waals surface area contributed by atoms with Crippen molar-refractivity contribution in [2.75, 3.05) is 13.6 Å². The molecule has 1 aromatic heterocycles. The molecule has 4 nitrogen and oxygen atoms in total. The van der Waals surface area contributed by atoms with Gasteiger partial charge in [-0.25, -0.2) is 8.42 Å². The summed E-state index contributed by atoms with van der Waals surface area (Å²) in [5, 5.41) is 3.15. The molecule has 1 N–H and O–H groups in total. The van der Waals surface area contributed by atoms with Gasteiger partial charge in [0, 0.05) is 31.1 Å². The Morgan fingerprint density at radius 2 is 1.95 bits per heavy atom. The summed E-state index contributed by atoms with van der Waals surface area (Å²) in [6.45, 7) is 3.89. The molecule has 0 fully saturated rings. The molecule has 1 rings (SSSR count). The summed E-state index contributed by atoms with van der Waals surface area (Å²) in [5.74, 6) is 0. The Bertz CT molecular complexity index is 553. The van der Waals surface area contributed by atoms with E-state index in [1.54, 1.807) is 6.07 Å². The number of thiophene rings is 1. The van der Waals surface area contributed by atoms with Gasteiger partial charge in [0.1, 0.15) is 4.21 Å². The number of nitrogens with one attached hydrogen (secondary N) is 1. The van der Waals surface area contributed by atoms with Crippen molar-refractivity contribution in [2.45, 2.75) is 43.2 Å². The molecular weight excluding hydrogens is 325 g/mol. The highest BCUT2D eigenvalue weighted by molar-refractivity contribution is 7.91. The van der Waals surface area contributed by atoms with Gasteiger partial charge in [-0.15, -0.1) is 11.3 Å². The third kappa shape index (κ3) is 5.93. The second-order valence-corrected chi connectivity index (χ2v) is 8.39. The van der Waals surface area contributed by atoms with Crippen LogP contribution in [0.5, 0.6) is 0 Å². The van der Waals surface area contributed by atoms with Gasteiger partial charge in [-0.3, -0.25) is 0 Å². The quantitative estimate of drug-likeness (QED) is 0.827. The van der Waals surface area contributed by atoms with Crippen molar-refractivity contribution >= 4 is 21.4 Å². The lowest BCUT2D eigenvalue weighted by Crippen LogP contribution is -2.30. The highest BCUT2D eigenvalue weighted by atomic mass is 32.2. The van der Waals surface area contributed by atoms with Crippen LogP contribution < -0.4 is 5.32 Å². The van der Waals surface area contributed by atoms with E-state index in [1.165, 1.54) is 6.07 Å². The summed E-state index contributed by atoms with van der Waals surface area (Å²) in [6, 6.07) is 3.37. The van der Waals surface area contributed by atoms with Crippen LogP contribution in [0.3, 0.4) is 0 Å². The maximum absolute atomic E-state index is 12.2. The topological polar surface area (TPSA) is 49.4 Å². The number of halogens is 3. The normalized spacial score (nSPS) is 13.3. The minimum absolute atomic E-state index is 0.0627. The molecule has 1 heterocycles. The van der Waals surface area contributed by atoms with Gasteiger partial charge in [0.2, 0.25) is 0 Å². The zero-order valence-corrected chi connectivity index (χ0v) is 13.7. The molecule has 0 saturated carbocycles. The van der Waals surface area contributed by atoms with Gasteiger partial charge >= 0.3 is 6.18 Å². The number of alkyl halides is 3. The van der Waals surface area contributed by atoms with E-state index in [2.05, 4.69) is 5.32 Å². The largest absolute Gasteiger partial charge is 0.390 e. The minimum atomic E-state index is -4.37. The molecule has 9 heteroatoms. The predicted octanol–water partition coefficient (Wildman–Crippen LogP) is 2.82. The van der Waals surface area contributed by atoms with Gasteiger partial charge in [0.15, 0.2) is 0 Å². The molecule has 0 bridgehead atoms. The lowest BCUT2D eigenvalue weighted by Gasteiger charge is -2.16. The lowest BCUT2D eigenvalue weighted by molar-refractivity contribution is -0.135. The molecule has 0 aliphatic carbocycles. The molecule has 21 heavy (non-hydrogen) atoms. The van der Waals surface area contributed by atoms with Crippen LogP contribution in [0.25, 0.3) is 0 Å². The van der Waals surface area contributed by atoms with Crippen LogP contribution in [0, 0.1) is 0 Å². The fraction of sp³-hybridized carbons (Fsp3) is 0.667. The molecule has 0 amide bonds. The summed E-state index contributed by atoms with van der Waals surface area (Å²) < 4.78 is 61.6. The first kappa shape index (κ1) is 18.4. The monoisotopic (exact) mass is 344 g/mol. The molecule has 0 atom stereocenters. The first-order chi connectivity index (χ1) is 9.52. The highest BCUT2D eigenvalue weighted by Crippen LogP contribution is 2.26. The summed E-state index contributed by atoms with van der Waals surface area (Å²) in [7, 11) is -2.70. The standard InChI is InChI=1S/C12H19F3N2O2S2/c1-9(2)16-8-10-4-5-11(20-10)21(18,19)17(3)7-6-12(13,14)15/h4-5,9,16H,6-8H2,1-3H3. The second-order valence-electron chi connectivity index (χ2n) is 4.95. The lowest BCUT2D eigenvalue weighted by atomic mass is 10.4. The van der Waals surface area contributed by atoms with Crippen LogP contribution in [-0.2, 0) is 16.6 Å². The SMILES string of the molecule is CC(C)NCc1ccc(S(=O)(=O)N(C)CCC(F)(F)F)s1. The Labute approximate surface area is 127 Å². The number of hydrogen-bond donors (Lipinski definition) is 1. The molecule has 0 aliphatic rings. The zero-order valence-electron chi connectivity index (χ0n) is 12.1. The number of hydrogen-bond acceptors (Lipinski definition) is 4. The third-order valence-electron chi connectivity index (χ3n) is 2.70. The fourth-order valence-corrected chi connectivity index (χ4v) is 4.14. The Balaban J connectivity index is 2.74. The van der Waals surface area contributed by atoms with Crippen molar-refractivity contribution in [2.24, 2.45) is 0 Å². The van der Waals surface area contributed by atoms with E-state index in [-0.39, 0.29) is 10.3 Å². The summed E-state index contributed by atoms with van der Waals surface area (Å²) in [4.78, 5) is 0.825. The average molecular weight is 344 g/mol. The van der Waals surface area contributed by atoms with Crippen LogP contribution in [-0.4, -0.2) is 38.5 Å². The summed E-state index contributed by atoms with van der Waals surface area (Å²) >= 11 is 1.07. The number of sulfonamides is 1. The molecule has 1 aromatic rings. The van der Waals surface area contributed by atoms with Crippen LogP contribution in [0.1, 0.15) is 25.1 Å². The first-order valence-corrected chi connectivity index (χ1v) is 8.63. The summed E-state index contributed by atoms with van der Waals surface area (Å²) in [6.07, 6.45) is -5.53. The minimum Gasteiger partial charge on any atom is -0.310 e. The zero-order chi connectivity index (χ0) is 16.3. The predicted molar refractivity (Wildman–Crippen MR) is 76.8 cm³/mol. The molecule has 0 radical (unpaired) electrons. The Morgan fingerprint density at radius 3 is 2.48 bits per heavy atom. The van der Waals surface area contributed by atoms with Crippen LogP contribution in [0.15, 0.2) is 16.3 Å². The van der Waals surface area contributed by atoms with Gasteiger partial charge in [-0.1, -0.05) is 13.8 Å². The Kier molecular flexibility index (Phi) is 6.21. The van der Waals surface area contributed by atoms with Crippen LogP contribution >= 0.6 is 11.3 Å². The molecule has 0 saturated heterocycles. The molecule has 0 aliphatic heterocycles. The van der Waals surface area contributed by atoms with Gasteiger partial charge < -0.3 is 5.32 Å². The third-order valence-corrected chi connectivity index (χ3v) is 6.11. The van der Waals surface area contributed by atoms with Crippen LogP contribution in [0.2, 0.25) is 0 Å². The van der Waals surface area contributed by atoms with E-state index < -0.39 is 29.2 Å². The maximum Gasteiger partial charge on any atom is 0.390 e. The molecule has 0 aromatic carbocycles. The molecule has 0 spiro atoms. The van der Waals surface area contributed by atoms with Gasteiger partial charge in [0.05, 0.1) is 6.42 Å². The van der Waals surface area contributed by atoms with Gasteiger partial charge in [0.25, 0.3) is 10.0 Å². The van der Waals surface area contributed by atoms with Gasteiger partial charge in [-0.2, -0.15) is 17.5 Å². The fourth-order valence-electron chi connectivity index (χ4n) is 1.45. The van der Waals surface area contributed by atoms with E-state index >= 15 is 0 Å². The number of rotatable bonds is 7. The Morgan fingerprint density at radius 1 is 1.33 bits per heavy atom. The molecular formula is C12H19F3N2O2S2. The van der Waals surface area contributed by atoms with E-state index in [9.17, 15) is 21.6 Å². The van der Waals surface area contributed by atoms with Crippen molar-refractivity contribution in [3.8, 4) is 0 Å². The van der Waals surface area contributed by atoms with E-state index in [0.717, 1.165) is 27.6 Å². The smallest absolute Gasteiger partial charge is 0.310 e. The van der Waals surface area contributed by atoms with E-state index in [0.29, 0.717) is 6.54 Å². The first-order valence-electron chi connectivity index (χ1n) is 6.37. The van der Waals surface area contributed by atoms with Crippen molar-refractivity contribution in [1.29, 1.82) is 0 Å². The van der Waals surface area contributed by atoms with Crippen molar-refractivity contribution < 1.29 is 21.6 Å². The summed E-state index contributed by atoms with van der Waals surface area (Å²) in [5.41, 5.74) is 0. The van der Waals surface area contributed by atoms with Crippen LogP contribution in [0.4, 0.5) is 13.2 Å². The van der Waals surface area contributed by atoms with Gasteiger partial charge in [-0.05, 0) is 12.1 Å². The van der Waals surface area contributed by atoms with E-state index in [4.69, 9.17) is 0 Å². The molecule has 122 valence electrons. The van der Waals surface area contributed by atoms with Crippen molar-refractivity contribution in [1.82, 2.24) is 9.62 Å². The Hall–Kier alpha value is -0.640. The second kappa shape index (κ2) is 7.08.